The minimum atomic E-state index is -0.958. The van der Waals surface area contributed by atoms with Crippen molar-refractivity contribution in [2.75, 3.05) is 19.8 Å². The quantitative estimate of drug-likeness (QED) is 0.839. The first-order valence-corrected chi connectivity index (χ1v) is 7.90. The second kappa shape index (κ2) is 8.15. The normalized spacial score (nSPS) is 17.4. The molecule has 2 rings (SSSR count). The Kier molecular flexibility index (Phi) is 6.21. The fourth-order valence-corrected chi connectivity index (χ4v) is 2.71. The maximum atomic E-state index is 10.8. The molecule has 1 fully saturated rings. The van der Waals surface area contributed by atoms with E-state index >= 15 is 0 Å². The molecule has 22 heavy (non-hydrogen) atoms. The predicted molar refractivity (Wildman–Crippen MR) is 84.1 cm³/mol. The Bertz CT molecular complexity index is 468. The molecule has 0 radical (unpaired) electrons. The summed E-state index contributed by atoms with van der Waals surface area (Å²) in [6.45, 7) is 7.32. The molecular formula is C17H25NO4. The lowest BCUT2D eigenvalue weighted by molar-refractivity contribution is -0.144. The lowest BCUT2D eigenvalue weighted by atomic mass is 10.1. The van der Waals surface area contributed by atoms with Gasteiger partial charge in [0, 0.05) is 25.8 Å². The molecule has 0 aliphatic carbocycles. The monoisotopic (exact) mass is 307 g/mol. The summed E-state index contributed by atoms with van der Waals surface area (Å²) in [5.74, 6) is -0.367. The molecule has 5 nitrogen and oxygen atoms in total. The van der Waals surface area contributed by atoms with Crippen LogP contribution in [0.3, 0.4) is 0 Å². The van der Waals surface area contributed by atoms with Crippen LogP contribution in [0.5, 0.6) is 5.75 Å². The van der Waals surface area contributed by atoms with Crippen molar-refractivity contribution in [1.82, 2.24) is 4.90 Å². The van der Waals surface area contributed by atoms with E-state index in [0.717, 1.165) is 39.1 Å². The highest BCUT2D eigenvalue weighted by Gasteiger charge is 2.20. The molecule has 1 heterocycles. The van der Waals surface area contributed by atoms with Gasteiger partial charge in [-0.05, 0) is 44.0 Å². The van der Waals surface area contributed by atoms with Gasteiger partial charge in [-0.15, -0.1) is 0 Å². The van der Waals surface area contributed by atoms with Crippen molar-refractivity contribution >= 4 is 5.97 Å². The molecule has 0 saturated carbocycles. The number of carboxylic acid groups (broad SMARTS) is 1. The summed E-state index contributed by atoms with van der Waals surface area (Å²) < 4.78 is 10.8. The van der Waals surface area contributed by atoms with Crippen molar-refractivity contribution in [3.05, 3.63) is 29.8 Å². The SMILES string of the molecule is CCN(Cc1ccc(OC(C)C(=O)O)cc1)C1CCOCC1. The minimum Gasteiger partial charge on any atom is -0.479 e. The highest BCUT2D eigenvalue weighted by molar-refractivity contribution is 5.72. The molecule has 1 aliphatic rings. The summed E-state index contributed by atoms with van der Waals surface area (Å²) >= 11 is 0. The lowest BCUT2D eigenvalue weighted by Gasteiger charge is -2.33. The van der Waals surface area contributed by atoms with Crippen LogP contribution in [0.4, 0.5) is 0 Å². The van der Waals surface area contributed by atoms with Crippen molar-refractivity contribution in [2.45, 2.75) is 45.4 Å². The van der Waals surface area contributed by atoms with Crippen LogP contribution in [0.15, 0.2) is 24.3 Å². The molecule has 5 heteroatoms. The van der Waals surface area contributed by atoms with Gasteiger partial charge < -0.3 is 14.6 Å². The third-order valence-corrected chi connectivity index (χ3v) is 4.08. The molecule has 1 unspecified atom stereocenters. The number of aliphatic carboxylic acids is 1. The van der Waals surface area contributed by atoms with Gasteiger partial charge in [0.2, 0.25) is 0 Å². The van der Waals surface area contributed by atoms with Crippen molar-refractivity contribution in [3.8, 4) is 5.75 Å². The van der Waals surface area contributed by atoms with Crippen LogP contribution in [0.1, 0.15) is 32.3 Å². The number of hydrogen-bond donors (Lipinski definition) is 1. The van der Waals surface area contributed by atoms with Gasteiger partial charge in [0.15, 0.2) is 6.10 Å². The fourth-order valence-electron chi connectivity index (χ4n) is 2.71. The Labute approximate surface area is 131 Å². The van der Waals surface area contributed by atoms with E-state index in [4.69, 9.17) is 14.6 Å². The number of hydrogen-bond acceptors (Lipinski definition) is 4. The van der Waals surface area contributed by atoms with Crippen LogP contribution >= 0.6 is 0 Å². The molecule has 122 valence electrons. The number of benzene rings is 1. The summed E-state index contributed by atoms with van der Waals surface area (Å²) in [4.78, 5) is 13.3. The fraction of sp³-hybridized carbons (Fsp3) is 0.588. The molecule has 0 aromatic heterocycles. The molecule has 0 amide bonds. The molecular weight excluding hydrogens is 282 g/mol. The zero-order chi connectivity index (χ0) is 15.9. The van der Waals surface area contributed by atoms with Crippen LogP contribution in [0.25, 0.3) is 0 Å². The van der Waals surface area contributed by atoms with Gasteiger partial charge >= 0.3 is 5.97 Å². The first kappa shape index (κ1) is 16.8. The summed E-state index contributed by atoms with van der Waals surface area (Å²) in [7, 11) is 0. The van der Waals surface area contributed by atoms with E-state index in [2.05, 4.69) is 11.8 Å². The smallest absolute Gasteiger partial charge is 0.344 e. The maximum absolute atomic E-state index is 10.8. The van der Waals surface area contributed by atoms with Crippen LogP contribution in [0, 0.1) is 0 Å². The van der Waals surface area contributed by atoms with Crippen LogP contribution in [-0.2, 0) is 16.1 Å². The Hall–Kier alpha value is -1.59. The Balaban J connectivity index is 1.93. The van der Waals surface area contributed by atoms with E-state index in [9.17, 15) is 4.79 Å². The van der Waals surface area contributed by atoms with E-state index in [-0.39, 0.29) is 0 Å². The molecule has 1 N–H and O–H groups in total. The summed E-state index contributed by atoms with van der Waals surface area (Å²) in [6, 6.07) is 8.28. The highest BCUT2D eigenvalue weighted by Crippen LogP contribution is 2.19. The number of rotatable bonds is 7. The maximum Gasteiger partial charge on any atom is 0.344 e. The molecule has 0 spiro atoms. The van der Waals surface area contributed by atoms with Gasteiger partial charge in [0.1, 0.15) is 5.75 Å². The van der Waals surface area contributed by atoms with E-state index in [1.807, 2.05) is 24.3 Å². The second-order valence-electron chi connectivity index (χ2n) is 5.65. The molecule has 1 saturated heterocycles. The molecule has 1 atom stereocenters. The van der Waals surface area contributed by atoms with Gasteiger partial charge in [-0.25, -0.2) is 4.79 Å². The van der Waals surface area contributed by atoms with Crippen molar-refractivity contribution in [1.29, 1.82) is 0 Å². The standard InChI is InChI=1S/C17H25NO4/c1-3-18(15-8-10-21-11-9-15)12-14-4-6-16(7-5-14)22-13(2)17(19)20/h4-7,13,15H,3,8-12H2,1-2H3,(H,19,20). The highest BCUT2D eigenvalue weighted by atomic mass is 16.5. The molecule has 1 aliphatic heterocycles. The van der Waals surface area contributed by atoms with E-state index < -0.39 is 12.1 Å². The van der Waals surface area contributed by atoms with Gasteiger partial charge in [0.05, 0.1) is 0 Å². The zero-order valence-corrected chi connectivity index (χ0v) is 13.3. The van der Waals surface area contributed by atoms with E-state index in [1.54, 1.807) is 0 Å². The first-order chi connectivity index (χ1) is 10.6. The third kappa shape index (κ3) is 4.71. The van der Waals surface area contributed by atoms with E-state index in [0.29, 0.717) is 11.8 Å². The van der Waals surface area contributed by atoms with Crippen molar-refractivity contribution in [2.24, 2.45) is 0 Å². The predicted octanol–water partition coefficient (Wildman–Crippen LogP) is 2.54. The van der Waals surface area contributed by atoms with Crippen LogP contribution in [-0.4, -0.2) is 47.9 Å². The minimum absolute atomic E-state index is 0.585. The van der Waals surface area contributed by atoms with Gasteiger partial charge in [0.25, 0.3) is 0 Å². The van der Waals surface area contributed by atoms with Crippen LogP contribution < -0.4 is 4.74 Å². The third-order valence-electron chi connectivity index (χ3n) is 4.08. The topological polar surface area (TPSA) is 59.0 Å². The van der Waals surface area contributed by atoms with E-state index in [1.165, 1.54) is 12.5 Å². The largest absolute Gasteiger partial charge is 0.479 e. The molecule has 1 aromatic rings. The first-order valence-electron chi connectivity index (χ1n) is 7.90. The number of ether oxygens (including phenoxy) is 2. The Morgan fingerprint density at radius 3 is 2.55 bits per heavy atom. The lowest BCUT2D eigenvalue weighted by Crippen LogP contribution is -2.38. The number of carboxylic acids is 1. The second-order valence-corrected chi connectivity index (χ2v) is 5.65. The van der Waals surface area contributed by atoms with Crippen molar-refractivity contribution < 1.29 is 19.4 Å². The van der Waals surface area contributed by atoms with Gasteiger partial charge in [-0.3, -0.25) is 4.90 Å². The van der Waals surface area contributed by atoms with Gasteiger partial charge in [-0.1, -0.05) is 19.1 Å². The summed E-state index contributed by atoms with van der Waals surface area (Å²) in [5.41, 5.74) is 1.21. The molecule has 1 aromatic carbocycles. The van der Waals surface area contributed by atoms with Crippen molar-refractivity contribution in [3.63, 3.8) is 0 Å². The number of nitrogens with zero attached hydrogens (tertiary/aromatic N) is 1. The summed E-state index contributed by atoms with van der Waals surface area (Å²) in [6.07, 6.45) is 1.34. The van der Waals surface area contributed by atoms with Gasteiger partial charge in [-0.2, -0.15) is 0 Å². The average molecular weight is 307 g/mol. The van der Waals surface area contributed by atoms with Crippen LogP contribution in [0.2, 0.25) is 0 Å². The summed E-state index contributed by atoms with van der Waals surface area (Å²) in [5, 5.41) is 8.85. The molecule has 0 bridgehead atoms. The average Bonchev–Trinajstić information content (AvgIpc) is 2.54. The number of carbonyl (C=O) groups is 1. The Morgan fingerprint density at radius 2 is 2.00 bits per heavy atom. The zero-order valence-electron chi connectivity index (χ0n) is 13.3. The Morgan fingerprint density at radius 1 is 1.36 bits per heavy atom.